The quantitative estimate of drug-likeness (QED) is 0.873. The number of anilines is 1. The Labute approximate surface area is 101 Å². The number of pyridine rings is 1. The Balaban J connectivity index is 2.02. The third-order valence-corrected chi connectivity index (χ3v) is 2.56. The fourth-order valence-corrected chi connectivity index (χ4v) is 1.65. The highest BCUT2D eigenvalue weighted by Gasteiger charge is 2.02. The molecule has 17 heavy (non-hydrogen) atoms. The summed E-state index contributed by atoms with van der Waals surface area (Å²) in [6, 6.07) is 2.11. The van der Waals surface area contributed by atoms with Crippen molar-refractivity contribution in [2.75, 3.05) is 5.32 Å². The van der Waals surface area contributed by atoms with E-state index in [1.54, 1.807) is 0 Å². The molecule has 0 atom stereocenters. The monoisotopic (exact) mass is 231 g/mol. The Morgan fingerprint density at radius 1 is 1.35 bits per heavy atom. The number of aryl methyl sites for hydroxylation is 3. The van der Waals surface area contributed by atoms with Gasteiger partial charge in [0.25, 0.3) is 0 Å². The smallest absolute Gasteiger partial charge is 0.129 e. The Morgan fingerprint density at radius 2 is 2.18 bits per heavy atom. The van der Waals surface area contributed by atoms with Crippen LogP contribution in [0.25, 0.3) is 0 Å². The van der Waals surface area contributed by atoms with E-state index in [-0.39, 0.29) is 0 Å². The number of nitrogens with zero attached hydrogens (tertiary/aromatic N) is 4. The lowest BCUT2D eigenvalue weighted by Gasteiger charge is -2.07. The maximum Gasteiger partial charge on any atom is 0.129 e. The molecule has 0 bridgehead atoms. The van der Waals surface area contributed by atoms with Gasteiger partial charge in [-0.1, -0.05) is 11.3 Å². The molecule has 0 fully saturated rings. The SMILES string of the molecule is CCn1cc(CNc2ncc(C)cc2C)nn1. The van der Waals surface area contributed by atoms with Crippen molar-refractivity contribution in [3.63, 3.8) is 0 Å². The van der Waals surface area contributed by atoms with Crippen molar-refractivity contribution in [3.05, 3.63) is 35.3 Å². The molecule has 0 aliphatic heterocycles. The van der Waals surface area contributed by atoms with Gasteiger partial charge in [0.2, 0.25) is 0 Å². The zero-order chi connectivity index (χ0) is 12.3. The van der Waals surface area contributed by atoms with Gasteiger partial charge in [0.15, 0.2) is 0 Å². The molecule has 2 heterocycles. The van der Waals surface area contributed by atoms with Crippen molar-refractivity contribution >= 4 is 5.82 Å². The first kappa shape index (κ1) is 11.6. The molecule has 0 saturated heterocycles. The van der Waals surface area contributed by atoms with E-state index >= 15 is 0 Å². The molecule has 90 valence electrons. The summed E-state index contributed by atoms with van der Waals surface area (Å²) in [6.45, 7) is 7.62. The fourth-order valence-electron chi connectivity index (χ4n) is 1.65. The largest absolute Gasteiger partial charge is 0.364 e. The molecule has 5 heteroatoms. The minimum absolute atomic E-state index is 0.650. The highest BCUT2D eigenvalue weighted by molar-refractivity contribution is 5.44. The fraction of sp³-hybridized carbons (Fsp3) is 0.417. The molecule has 0 saturated carbocycles. The van der Waals surface area contributed by atoms with E-state index in [0.717, 1.165) is 23.6 Å². The first-order chi connectivity index (χ1) is 8.19. The number of hydrogen-bond donors (Lipinski definition) is 1. The van der Waals surface area contributed by atoms with Crippen LogP contribution in [0.4, 0.5) is 5.82 Å². The second-order valence-electron chi connectivity index (χ2n) is 4.10. The van der Waals surface area contributed by atoms with Crippen molar-refractivity contribution < 1.29 is 0 Å². The molecule has 2 rings (SSSR count). The third kappa shape index (κ3) is 2.81. The van der Waals surface area contributed by atoms with E-state index in [1.807, 2.05) is 37.8 Å². The van der Waals surface area contributed by atoms with Crippen LogP contribution in [0.15, 0.2) is 18.5 Å². The molecule has 0 unspecified atom stereocenters. The minimum Gasteiger partial charge on any atom is -0.364 e. The summed E-state index contributed by atoms with van der Waals surface area (Å²) in [6.07, 6.45) is 3.80. The van der Waals surface area contributed by atoms with Crippen LogP contribution in [0, 0.1) is 13.8 Å². The predicted octanol–water partition coefficient (Wildman–Crippen LogP) is 1.92. The zero-order valence-electron chi connectivity index (χ0n) is 10.4. The molecule has 0 amide bonds. The van der Waals surface area contributed by atoms with Gasteiger partial charge in [-0.25, -0.2) is 4.98 Å². The molecule has 0 aromatic carbocycles. The molecule has 2 aromatic heterocycles. The van der Waals surface area contributed by atoms with Gasteiger partial charge in [-0.05, 0) is 31.9 Å². The molecular weight excluding hydrogens is 214 g/mol. The number of hydrogen-bond acceptors (Lipinski definition) is 4. The van der Waals surface area contributed by atoms with Crippen LogP contribution in [0.1, 0.15) is 23.7 Å². The summed E-state index contributed by atoms with van der Waals surface area (Å²) >= 11 is 0. The van der Waals surface area contributed by atoms with Crippen molar-refractivity contribution in [1.82, 2.24) is 20.0 Å². The average Bonchev–Trinajstić information content (AvgIpc) is 2.76. The minimum atomic E-state index is 0.650. The Hall–Kier alpha value is -1.91. The van der Waals surface area contributed by atoms with E-state index in [9.17, 15) is 0 Å². The molecule has 0 spiro atoms. The number of rotatable bonds is 4. The Bertz CT molecular complexity index is 503. The maximum absolute atomic E-state index is 4.35. The van der Waals surface area contributed by atoms with Gasteiger partial charge in [-0.2, -0.15) is 0 Å². The molecule has 5 nitrogen and oxygen atoms in total. The number of nitrogens with one attached hydrogen (secondary N) is 1. The van der Waals surface area contributed by atoms with Crippen molar-refractivity contribution in [2.45, 2.75) is 33.9 Å². The molecule has 0 radical (unpaired) electrons. The normalized spacial score (nSPS) is 10.5. The summed E-state index contributed by atoms with van der Waals surface area (Å²) in [7, 11) is 0. The average molecular weight is 231 g/mol. The predicted molar refractivity (Wildman–Crippen MR) is 66.7 cm³/mol. The third-order valence-electron chi connectivity index (χ3n) is 2.56. The Morgan fingerprint density at radius 3 is 2.82 bits per heavy atom. The second-order valence-corrected chi connectivity index (χ2v) is 4.10. The van der Waals surface area contributed by atoms with Gasteiger partial charge in [0, 0.05) is 12.7 Å². The summed E-state index contributed by atoms with van der Waals surface area (Å²) in [5.74, 6) is 0.904. The molecule has 0 aliphatic rings. The lowest BCUT2D eigenvalue weighted by atomic mass is 10.2. The summed E-state index contributed by atoms with van der Waals surface area (Å²) in [4.78, 5) is 4.35. The van der Waals surface area contributed by atoms with Crippen molar-refractivity contribution in [1.29, 1.82) is 0 Å². The van der Waals surface area contributed by atoms with E-state index in [0.29, 0.717) is 6.54 Å². The zero-order valence-corrected chi connectivity index (χ0v) is 10.4. The second kappa shape index (κ2) is 4.95. The van der Waals surface area contributed by atoms with Crippen LogP contribution in [0.2, 0.25) is 0 Å². The van der Waals surface area contributed by atoms with Crippen LogP contribution >= 0.6 is 0 Å². The molecular formula is C12H17N5. The van der Waals surface area contributed by atoms with E-state index in [2.05, 4.69) is 26.7 Å². The van der Waals surface area contributed by atoms with Crippen LogP contribution in [-0.4, -0.2) is 20.0 Å². The topological polar surface area (TPSA) is 55.6 Å². The van der Waals surface area contributed by atoms with Crippen LogP contribution in [0.3, 0.4) is 0 Å². The van der Waals surface area contributed by atoms with E-state index < -0.39 is 0 Å². The highest BCUT2D eigenvalue weighted by Crippen LogP contribution is 2.12. The van der Waals surface area contributed by atoms with Gasteiger partial charge in [0.1, 0.15) is 11.5 Å². The van der Waals surface area contributed by atoms with Crippen molar-refractivity contribution in [3.8, 4) is 0 Å². The van der Waals surface area contributed by atoms with Crippen LogP contribution in [-0.2, 0) is 13.1 Å². The van der Waals surface area contributed by atoms with E-state index in [1.165, 1.54) is 5.56 Å². The van der Waals surface area contributed by atoms with Gasteiger partial charge in [0.05, 0.1) is 12.7 Å². The lowest BCUT2D eigenvalue weighted by Crippen LogP contribution is -2.03. The van der Waals surface area contributed by atoms with Crippen LogP contribution < -0.4 is 5.32 Å². The van der Waals surface area contributed by atoms with E-state index in [4.69, 9.17) is 0 Å². The molecule has 0 aliphatic carbocycles. The van der Waals surface area contributed by atoms with Gasteiger partial charge < -0.3 is 5.32 Å². The summed E-state index contributed by atoms with van der Waals surface area (Å²) < 4.78 is 1.81. The van der Waals surface area contributed by atoms with Gasteiger partial charge >= 0.3 is 0 Å². The maximum atomic E-state index is 4.35. The molecule has 2 aromatic rings. The highest BCUT2D eigenvalue weighted by atomic mass is 15.4. The first-order valence-corrected chi connectivity index (χ1v) is 5.75. The lowest BCUT2D eigenvalue weighted by molar-refractivity contribution is 0.626. The van der Waals surface area contributed by atoms with Gasteiger partial charge in [-0.15, -0.1) is 5.10 Å². The van der Waals surface area contributed by atoms with Crippen LogP contribution in [0.5, 0.6) is 0 Å². The van der Waals surface area contributed by atoms with Gasteiger partial charge in [-0.3, -0.25) is 4.68 Å². The summed E-state index contributed by atoms with van der Waals surface area (Å²) in [5.41, 5.74) is 3.24. The number of aromatic nitrogens is 4. The Kier molecular flexibility index (Phi) is 3.37. The van der Waals surface area contributed by atoms with Crippen molar-refractivity contribution in [2.24, 2.45) is 0 Å². The first-order valence-electron chi connectivity index (χ1n) is 5.75. The molecule has 1 N–H and O–H groups in total. The summed E-state index contributed by atoms with van der Waals surface area (Å²) in [5, 5.41) is 11.3. The standard InChI is InChI=1S/C12H17N5/c1-4-17-8-11(15-16-17)7-14-12-10(3)5-9(2)6-13-12/h5-6,8H,4,7H2,1-3H3,(H,13,14).